The molecule has 4 fully saturated rings. The molecule has 4 aliphatic carbocycles. The zero-order valence-corrected chi connectivity index (χ0v) is 14.5. The summed E-state index contributed by atoms with van der Waals surface area (Å²) in [7, 11) is 0. The fraction of sp³-hybridized carbons (Fsp3) is 0.778. The summed E-state index contributed by atoms with van der Waals surface area (Å²) in [5.41, 5.74) is 2.85. The number of carbonyl (C=O) groups excluding carboxylic acids is 1. The van der Waals surface area contributed by atoms with Crippen molar-refractivity contribution in [2.75, 3.05) is 5.32 Å². The number of hydrogen-bond acceptors (Lipinski definition) is 2. The van der Waals surface area contributed by atoms with E-state index in [2.05, 4.69) is 22.7 Å². The summed E-state index contributed by atoms with van der Waals surface area (Å²) >= 11 is 0. The third-order valence-corrected chi connectivity index (χ3v) is 6.34. The molecule has 5 nitrogen and oxygen atoms in total. The number of nitrogens with one attached hydrogen (secondary N) is 2. The predicted molar refractivity (Wildman–Crippen MR) is 90.4 cm³/mol. The van der Waals surface area contributed by atoms with Gasteiger partial charge in [-0.15, -0.1) is 0 Å². The van der Waals surface area contributed by atoms with Crippen LogP contribution in [0.1, 0.15) is 56.8 Å². The van der Waals surface area contributed by atoms with Crippen molar-refractivity contribution in [3.8, 4) is 0 Å². The minimum absolute atomic E-state index is 0.0474. The molecule has 1 aromatic heterocycles. The molecule has 2 amide bonds. The molecule has 5 rings (SSSR count). The number of carbonyl (C=O) groups is 1. The molecule has 0 atom stereocenters. The average Bonchev–Trinajstić information content (AvgIpc) is 2.72. The van der Waals surface area contributed by atoms with Crippen molar-refractivity contribution < 1.29 is 4.79 Å². The van der Waals surface area contributed by atoms with E-state index in [9.17, 15) is 4.79 Å². The van der Waals surface area contributed by atoms with E-state index in [4.69, 9.17) is 0 Å². The van der Waals surface area contributed by atoms with E-state index in [1.165, 1.54) is 38.5 Å². The molecule has 0 aliphatic heterocycles. The molecule has 0 saturated heterocycles. The lowest BCUT2D eigenvalue weighted by atomic mass is 9.53. The zero-order chi connectivity index (χ0) is 16.2. The predicted octanol–water partition coefficient (Wildman–Crippen LogP) is 3.61. The molecule has 0 spiro atoms. The molecule has 1 heterocycles. The average molecular weight is 316 g/mol. The Bertz CT molecular complexity index is 598. The lowest BCUT2D eigenvalue weighted by Crippen LogP contribution is -2.60. The molecular formula is C18H28N4O. The highest BCUT2D eigenvalue weighted by atomic mass is 16.2. The van der Waals surface area contributed by atoms with Gasteiger partial charge >= 0.3 is 6.03 Å². The minimum atomic E-state index is -0.0474. The summed E-state index contributed by atoms with van der Waals surface area (Å²) in [6, 6.07) is -0.0474. The van der Waals surface area contributed by atoms with Crippen LogP contribution in [0.25, 0.3) is 0 Å². The second kappa shape index (κ2) is 5.25. The Kier molecular flexibility index (Phi) is 3.43. The van der Waals surface area contributed by atoms with Crippen LogP contribution in [0, 0.1) is 31.6 Å². The summed E-state index contributed by atoms with van der Waals surface area (Å²) in [5, 5.41) is 10.9. The Balaban J connectivity index is 1.48. The molecule has 1 aromatic rings. The van der Waals surface area contributed by atoms with Crippen molar-refractivity contribution in [1.82, 2.24) is 15.1 Å². The zero-order valence-electron chi connectivity index (χ0n) is 14.5. The van der Waals surface area contributed by atoms with Crippen LogP contribution < -0.4 is 10.6 Å². The maximum atomic E-state index is 12.6. The molecule has 4 bridgehead atoms. The highest BCUT2D eigenvalue weighted by Gasteiger charge is 2.51. The third kappa shape index (κ3) is 2.54. The van der Waals surface area contributed by atoms with Crippen molar-refractivity contribution in [3.63, 3.8) is 0 Å². The van der Waals surface area contributed by atoms with Gasteiger partial charge in [0.05, 0.1) is 17.1 Å². The lowest BCUT2D eigenvalue weighted by Gasteiger charge is -2.56. The Morgan fingerprint density at radius 2 is 1.74 bits per heavy atom. The highest BCUT2D eigenvalue weighted by molar-refractivity contribution is 5.91. The Labute approximate surface area is 138 Å². The van der Waals surface area contributed by atoms with Gasteiger partial charge in [0.15, 0.2) is 0 Å². The lowest BCUT2D eigenvalue weighted by molar-refractivity contribution is -0.0127. The molecule has 5 heteroatoms. The molecule has 2 N–H and O–H groups in total. The van der Waals surface area contributed by atoms with Crippen molar-refractivity contribution >= 4 is 11.7 Å². The van der Waals surface area contributed by atoms with E-state index in [-0.39, 0.29) is 11.6 Å². The van der Waals surface area contributed by atoms with Gasteiger partial charge in [-0.25, -0.2) is 4.79 Å². The minimum Gasteiger partial charge on any atom is -0.332 e. The number of amides is 2. The normalized spacial score (nSPS) is 34.7. The Morgan fingerprint density at radius 1 is 1.17 bits per heavy atom. The fourth-order valence-electron chi connectivity index (χ4n) is 5.84. The second-order valence-corrected chi connectivity index (χ2v) is 8.14. The van der Waals surface area contributed by atoms with Gasteiger partial charge in [-0.2, -0.15) is 5.10 Å². The molecule has 23 heavy (non-hydrogen) atoms. The molecule has 4 saturated carbocycles. The van der Waals surface area contributed by atoms with Crippen LogP contribution in [-0.4, -0.2) is 21.4 Å². The first-order valence-electron chi connectivity index (χ1n) is 9.11. The van der Waals surface area contributed by atoms with Gasteiger partial charge < -0.3 is 10.6 Å². The Hall–Kier alpha value is -1.52. The first kappa shape index (κ1) is 15.0. The Morgan fingerprint density at radius 3 is 2.22 bits per heavy atom. The standard InChI is InChI=1S/C18H28N4O/c1-4-22-12(3)16(11(2)21-22)19-17(23)20-18-8-13-5-14(9-18)7-15(6-13)10-18/h13-15H,4-10H2,1-3H3,(H2,19,20,23). The summed E-state index contributed by atoms with van der Waals surface area (Å²) in [5.74, 6) is 2.52. The smallest absolute Gasteiger partial charge is 0.319 e. The van der Waals surface area contributed by atoms with Crippen molar-refractivity contribution in [1.29, 1.82) is 0 Å². The SMILES string of the molecule is CCn1nc(C)c(NC(=O)NC23CC4CC(CC(C4)C2)C3)c1C. The first-order valence-corrected chi connectivity index (χ1v) is 9.11. The van der Waals surface area contributed by atoms with Gasteiger partial charge in [-0.05, 0) is 77.0 Å². The van der Waals surface area contributed by atoms with Crippen LogP contribution in [0.15, 0.2) is 0 Å². The fourth-order valence-corrected chi connectivity index (χ4v) is 5.84. The van der Waals surface area contributed by atoms with Gasteiger partial charge in [0.2, 0.25) is 0 Å². The monoisotopic (exact) mass is 316 g/mol. The number of nitrogens with zero attached hydrogens (tertiary/aromatic N) is 2. The highest BCUT2D eigenvalue weighted by Crippen LogP contribution is 2.55. The number of aryl methyl sites for hydroxylation is 2. The maximum absolute atomic E-state index is 12.6. The number of rotatable bonds is 3. The maximum Gasteiger partial charge on any atom is 0.319 e. The third-order valence-electron chi connectivity index (χ3n) is 6.34. The number of anilines is 1. The summed E-state index contributed by atoms with van der Waals surface area (Å²) in [6.45, 7) is 6.87. The summed E-state index contributed by atoms with van der Waals surface area (Å²) in [4.78, 5) is 12.6. The van der Waals surface area contributed by atoms with Crippen molar-refractivity contribution in [2.24, 2.45) is 17.8 Å². The molecular weight excluding hydrogens is 288 g/mol. The van der Waals surface area contributed by atoms with E-state index < -0.39 is 0 Å². The second-order valence-electron chi connectivity index (χ2n) is 8.14. The topological polar surface area (TPSA) is 59.0 Å². The van der Waals surface area contributed by atoms with Crippen LogP contribution in [0.3, 0.4) is 0 Å². The number of hydrogen-bond donors (Lipinski definition) is 2. The van der Waals surface area contributed by atoms with Gasteiger partial charge in [0.1, 0.15) is 0 Å². The number of aromatic nitrogens is 2. The van der Waals surface area contributed by atoms with Crippen molar-refractivity contribution in [2.45, 2.75) is 71.4 Å². The number of urea groups is 1. The summed E-state index contributed by atoms with van der Waals surface area (Å²) in [6.07, 6.45) is 7.72. The quantitative estimate of drug-likeness (QED) is 0.895. The van der Waals surface area contributed by atoms with Gasteiger partial charge in [0, 0.05) is 12.1 Å². The van der Waals surface area contributed by atoms with Gasteiger partial charge in [-0.1, -0.05) is 0 Å². The van der Waals surface area contributed by atoms with Gasteiger partial charge in [0.25, 0.3) is 0 Å². The van der Waals surface area contributed by atoms with Crippen LogP contribution in [0.2, 0.25) is 0 Å². The largest absolute Gasteiger partial charge is 0.332 e. The van der Waals surface area contributed by atoms with Gasteiger partial charge in [-0.3, -0.25) is 4.68 Å². The molecule has 0 aromatic carbocycles. The van der Waals surface area contributed by atoms with Crippen LogP contribution in [0.5, 0.6) is 0 Å². The van der Waals surface area contributed by atoms with Crippen molar-refractivity contribution in [3.05, 3.63) is 11.4 Å². The van der Waals surface area contributed by atoms with E-state index in [0.29, 0.717) is 0 Å². The van der Waals surface area contributed by atoms with E-state index in [1.807, 2.05) is 18.5 Å². The van der Waals surface area contributed by atoms with Crippen LogP contribution >= 0.6 is 0 Å². The molecule has 0 radical (unpaired) electrons. The van der Waals surface area contributed by atoms with E-state index in [0.717, 1.165) is 41.4 Å². The van der Waals surface area contributed by atoms with E-state index >= 15 is 0 Å². The molecule has 126 valence electrons. The first-order chi connectivity index (χ1) is 11.0. The molecule has 0 unspecified atom stereocenters. The molecule has 4 aliphatic rings. The van der Waals surface area contributed by atoms with E-state index in [1.54, 1.807) is 0 Å². The van der Waals surface area contributed by atoms with Crippen LogP contribution in [0.4, 0.5) is 10.5 Å². The summed E-state index contributed by atoms with van der Waals surface area (Å²) < 4.78 is 1.94. The van der Waals surface area contributed by atoms with Crippen LogP contribution in [-0.2, 0) is 6.54 Å².